The van der Waals surface area contributed by atoms with E-state index in [0.717, 1.165) is 21.3 Å². The van der Waals surface area contributed by atoms with E-state index in [1.807, 2.05) is 26.0 Å². The van der Waals surface area contributed by atoms with Crippen LogP contribution in [0.25, 0.3) is 0 Å². The molecule has 0 aliphatic carbocycles. The SMILES string of the molecule is CNCC(=O)Nc1cc(C)c(Br)c(C)c1. The van der Waals surface area contributed by atoms with Gasteiger partial charge in [-0.2, -0.15) is 0 Å². The standard InChI is InChI=1S/C11H15BrN2O/c1-7-4-9(5-8(2)11(7)12)14-10(15)6-13-3/h4-5,13H,6H2,1-3H3,(H,14,15). The van der Waals surface area contributed by atoms with Crippen LogP contribution in [0, 0.1) is 13.8 Å². The number of amides is 1. The Morgan fingerprint density at radius 2 is 1.87 bits per heavy atom. The number of hydrogen-bond acceptors (Lipinski definition) is 2. The molecule has 0 radical (unpaired) electrons. The average molecular weight is 271 g/mol. The molecule has 0 aliphatic rings. The Morgan fingerprint density at radius 1 is 1.33 bits per heavy atom. The fourth-order valence-corrected chi connectivity index (χ4v) is 1.61. The smallest absolute Gasteiger partial charge is 0.238 e. The van der Waals surface area contributed by atoms with Gasteiger partial charge >= 0.3 is 0 Å². The minimum atomic E-state index is -0.0291. The van der Waals surface area contributed by atoms with Crippen LogP contribution in [0.3, 0.4) is 0 Å². The minimum absolute atomic E-state index is 0.0291. The topological polar surface area (TPSA) is 41.1 Å². The molecule has 15 heavy (non-hydrogen) atoms. The van der Waals surface area contributed by atoms with Gasteiger partial charge in [0.1, 0.15) is 0 Å². The van der Waals surface area contributed by atoms with Gasteiger partial charge < -0.3 is 10.6 Å². The second-order valence-corrected chi connectivity index (χ2v) is 4.30. The van der Waals surface area contributed by atoms with Gasteiger partial charge in [-0.05, 0) is 44.2 Å². The average Bonchev–Trinajstić information content (AvgIpc) is 2.14. The van der Waals surface area contributed by atoms with Gasteiger partial charge in [0.25, 0.3) is 0 Å². The molecule has 82 valence electrons. The highest BCUT2D eigenvalue weighted by molar-refractivity contribution is 9.10. The number of halogens is 1. The third-order valence-corrected chi connectivity index (χ3v) is 3.31. The number of carbonyl (C=O) groups is 1. The van der Waals surface area contributed by atoms with E-state index in [2.05, 4.69) is 26.6 Å². The van der Waals surface area contributed by atoms with E-state index in [9.17, 15) is 4.79 Å². The highest BCUT2D eigenvalue weighted by atomic mass is 79.9. The number of likely N-dealkylation sites (N-methyl/N-ethyl adjacent to an activating group) is 1. The van der Waals surface area contributed by atoms with Crippen LogP contribution in [0.1, 0.15) is 11.1 Å². The number of carbonyl (C=O) groups excluding carboxylic acids is 1. The second kappa shape index (κ2) is 5.28. The molecule has 0 bridgehead atoms. The van der Waals surface area contributed by atoms with Crippen molar-refractivity contribution < 1.29 is 4.79 Å². The maximum Gasteiger partial charge on any atom is 0.238 e. The van der Waals surface area contributed by atoms with Gasteiger partial charge in [0.05, 0.1) is 6.54 Å². The largest absolute Gasteiger partial charge is 0.325 e. The van der Waals surface area contributed by atoms with Crippen molar-refractivity contribution >= 4 is 27.5 Å². The lowest BCUT2D eigenvalue weighted by Gasteiger charge is -2.09. The molecule has 0 unspecified atom stereocenters. The summed E-state index contributed by atoms with van der Waals surface area (Å²) in [5.41, 5.74) is 3.08. The molecule has 0 aliphatic heterocycles. The summed E-state index contributed by atoms with van der Waals surface area (Å²) in [5.74, 6) is -0.0291. The fraction of sp³-hybridized carbons (Fsp3) is 0.364. The normalized spacial score (nSPS) is 10.1. The molecule has 0 saturated carbocycles. The Kier molecular flexibility index (Phi) is 4.29. The maximum atomic E-state index is 11.3. The summed E-state index contributed by atoms with van der Waals surface area (Å²) in [7, 11) is 1.75. The summed E-state index contributed by atoms with van der Waals surface area (Å²) >= 11 is 3.49. The Bertz CT molecular complexity index is 354. The van der Waals surface area contributed by atoms with Crippen LogP contribution < -0.4 is 10.6 Å². The zero-order chi connectivity index (χ0) is 11.4. The molecular weight excluding hydrogens is 256 g/mol. The fourth-order valence-electron chi connectivity index (χ4n) is 1.38. The Balaban J connectivity index is 2.83. The summed E-state index contributed by atoms with van der Waals surface area (Å²) in [6, 6.07) is 3.90. The quantitative estimate of drug-likeness (QED) is 0.885. The van der Waals surface area contributed by atoms with Gasteiger partial charge in [0, 0.05) is 10.2 Å². The number of rotatable bonds is 3. The molecule has 1 aromatic rings. The summed E-state index contributed by atoms with van der Waals surface area (Å²) < 4.78 is 1.09. The Hall–Kier alpha value is -0.870. The predicted octanol–water partition coefficient (Wildman–Crippen LogP) is 2.22. The van der Waals surface area contributed by atoms with Crippen molar-refractivity contribution in [1.29, 1.82) is 0 Å². The van der Waals surface area contributed by atoms with Crippen molar-refractivity contribution in [2.24, 2.45) is 0 Å². The molecule has 1 aromatic carbocycles. The number of nitrogens with one attached hydrogen (secondary N) is 2. The molecule has 0 atom stereocenters. The van der Waals surface area contributed by atoms with Gasteiger partial charge in [-0.1, -0.05) is 15.9 Å². The lowest BCUT2D eigenvalue weighted by molar-refractivity contribution is -0.115. The first kappa shape index (κ1) is 12.2. The third-order valence-electron chi connectivity index (χ3n) is 2.06. The highest BCUT2D eigenvalue weighted by Gasteiger charge is 2.04. The molecule has 1 amide bonds. The second-order valence-electron chi connectivity index (χ2n) is 3.50. The molecule has 4 heteroatoms. The van der Waals surface area contributed by atoms with Crippen molar-refractivity contribution in [3.63, 3.8) is 0 Å². The van der Waals surface area contributed by atoms with E-state index in [0.29, 0.717) is 6.54 Å². The van der Waals surface area contributed by atoms with Crippen LogP contribution in [0.5, 0.6) is 0 Å². The van der Waals surface area contributed by atoms with Crippen LogP contribution in [0.4, 0.5) is 5.69 Å². The summed E-state index contributed by atoms with van der Waals surface area (Å²) in [5, 5.41) is 5.64. The van der Waals surface area contributed by atoms with Crippen molar-refractivity contribution in [3.8, 4) is 0 Å². The van der Waals surface area contributed by atoms with Gasteiger partial charge in [0.2, 0.25) is 5.91 Å². The molecule has 0 heterocycles. The lowest BCUT2D eigenvalue weighted by atomic mass is 10.1. The molecular formula is C11H15BrN2O. The summed E-state index contributed by atoms with van der Waals surface area (Å²) in [6.45, 7) is 4.34. The van der Waals surface area contributed by atoms with Crippen LogP contribution in [-0.2, 0) is 4.79 Å². The van der Waals surface area contributed by atoms with Crippen molar-refractivity contribution in [2.75, 3.05) is 18.9 Å². The first-order valence-electron chi connectivity index (χ1n) is 4.75. The molecule has 0 fully saturated rings. The van der Waals surface area contributed by atoms with E-state index >= 15 is 0 Å². The van der Waals surface area contributed by atoms with Crippen LogP contribution in [0.15, 0.2) is 16.6 Å². The third kappa shape index (κ3) is 3.32. The zero-order valence-corrected chi connectivity index (χ0v) is 10.7. The molecule has 0 spiro atoms. The first-order chi connectivity index (χ1) is 7.04. The van der Waals surface area contributed by atoms with E-state index in [4.69, 9.17) is 0 Å². The van der Waals surface area contributed by atoms with E-state index in [1.54, 1.807) is 7.05 Å². The van der Waals surface area contributed by atoms with Gasteiger partial charge in [-0.15, -0.1) is 0 Å². The lowest BCUT2D eigenvalue weighted by Crippen LogP contribution is -2.25. The minimum Gasteiger partial charge on any atom is -0.325 e. The zero-order valence-electron chi connectivity index (χ0n) is 9.15. The van der Waals surface area contributed by atoms with Crippen LogP contribution >= 0.6 is 15.9 Å². The van der Waals surface area contributed by atoms with Crippen LogP contribution in [0.2, 0.25) is 0 Å². The van der Waals surface area contributed by atoms with Crippen molar-refractivity contribution in [1.82, 2.24) is 5.32 Å². The number of hydrogen-bond donors (Lipinski definition) is 2. The van der Waals surface area contributed by atoms with Gasteiger partial charge in [-0.3, -0.25) is 4.79 Å². The number of anilines is 1. The molecule has 0 saturated heterocycles. The van der Waals surface area contributed by atoms with Crippen LogP contribution in [-0.4, -0.2) is 19.5 Å². The van der Waals surface area contributed by atoms with Gasteiger partial charge in [-0.25, -0.2) is 0 Å². The molecule has 2 N–H and O–H groups in total. The van der Waals surface area contributed by atoms with E-state index in [-0.39, 0.29) is 5.91 Å². The predicted molar refractivity (Wildman–Crippen MR) is 66.2 cm³/mol. The number of benzene rings is 1. The first-order valence-corrected chi connectivity index (χ1v) is 5.55. The van der Waals surface area contributed by atoms with E-state index < -0.39 is 0 Å². The summed E-state index contributed by atoms with van der Waals surface area (Å²) in [6.07, 6.45) is 0. The maximum absolute atomic E-state index is 11.3. The Labute approximate surface area is 98.4 Å². The monoisotopic (exact) mass is 270 g/mol. The summed E-state index contributed by atoms with van der Waals surface area (Å²) in [4.78, 5) is 11.3. The highest BCUT2D eigenvalue weighted by Crippen LogP contribution is 2.24. The van der Waals surface area contributed by atoms with Crippen molar-refractivity contribution in [2.45, 2.75) is 13.8 Å². The molecule has 1 rings (SSSR count). The van der Waals surface area contributed by atoms with Crippen molar-refractivity contribution in [3.05, 3.63) is 27.7 Å². The Morgan fingerprint density at radius 3 is 2.33 bits per heavy atom. The molecule has 3 nitrogen and oxygen atoms in total. The molecule has 0 aromatic heterocycles. The van der Waals surface area contributed by atoms with Gasteiger partial charge in [0.15, 0.2) is 0 Å². The number of aryl methyl sites for hydroxylation is 2. The van der Waals surface area contributed by atoms with E-state index in [1.165, 1.54) is 0 Å².